The lowest BCUT2D eigenvalue weighted by molar-refractivity contribution is -0.136. The van der Waals surface area contributed by atoms with E-state index in [1.54, 1.807) is 12.1 Å². The zero-order chi connectivity index (χ0) is 20.7. The number of halogens is 1. The van der Waals surface area contributed by atoms with Gasteiger partial charge in [0, 0.05) is 30.3 Å². The molecule has 29 heavy (non-hydrogen) atoms. The highest BCUT2D eigenvalue weighted by Gasteiger charge is 2.41. The third-order valence-corrected chi connectivity index (χ3v) is 6.33. The van der Waals surface area contributed by atoms with Gasteiger partial charge in [0.1, 0.15) is 5.82 Å². The first kappa shape index (κ1) is 19.7. The topological polar surface area (TPSA) is 35.6 Å². The van der Waals surface area contributed by atoms with E-state index in [0.717, 1.165) is 37.2 Å². The molecule has 0 aromatic heterocycles. The van der Waals surface area contributed by atoms with Crippen LogP contribution in [0.1, 0.15) is 47.0 Å². The highest BCUT2D eigenvalue weighted by molar-refractivity contribution is 5.84. The average Bonchev–Trinajstić information content (AvgIpc) is 3.31. The Hall–Kier alpha value is -2.56. The molecule has 0 saturated heterocycles. The fraction of sp³-hybridized carbons (Fsp3) is 0.458. The maximum atomic E-state index is 13.4. The molecule has 2 atom stereocenters. The van der Waals surface area contributed by atoms with Crippen LogP contribution in [0.15, 0.2) is 59.0 Å². The van der Waals surface area contributed by atoms with Crippen LogP contribution in [0, 0.1) is 17.7 Å². The van der Waals surface area contributed by atoms with Crippen molar-refractivity contribution in [1.82, 2.24) is 10.3 Å². The lowest BCUT2D eigenvalue weighted by Crippen LogP contribution is -2.42. The molecule has 1 aliphatic heterocycles. The van der Waals surface area contributed by atoms with Crippen LogP contribution >= 0.6 is 0 Å². The van der Waals surface area contributed by atoms with Crippen molar-refractivity contribution in [3.63, 3.8) is 0 Å². The van der Waals surface area contributed by atoms with Gasteiger partial charge in [-0.15, -0.1) is 0 Å². The van der Waals surface area contributed by atoms with E-state index in [4.69, 9.17) is 0 Å². The van der Waals surface area contributed by atoms with Gasteiger partial charge in [-0.25, -0.2) is 4.39 Å². The van der Waals surface area contributed by atoms with E-state index in [2.05, 4.69) is 39.2 Å². The predicted molar refractivity (Wildman–Crippen MR) is 114 cm³/mol. The molecule has 0 bridgehead atoms. The first-order chi connectivity index (χ1) is 13.9. The van der Waals surface area contributed by atoms with Crippen molar-refractivity contribution < 1.29 is 9.18 Å². The van der Waals surface area contributed by atoms with Crippen LogP contribution in [0.4, 0.5) is 10.1 Å². The first-order valence-corrected chi connectivity index (χ1v) is 10.7. The molecule has 5 heteroatoms. The van der Waals surface area contributed by atoms with E-state index in [1.807, 2.05) is 16.1 Å². The van der Waals surface area contributed by atoms with Gasteiger partial charge in [-0.3, -0.25) is 9.80 Å². The summed E-state index contributed by atoms with van der Waals surface area (Å²) in [7, 11) is 0. The molecule has 1 amide bonds. The Balaban J connectivity index is 1.65. The van der Waals surface area contributed by atoms with E-state index >= 15 is 0 Å². The predicted octanol–water partition coefficient (Wildman–Crippen LogP) is 4.92. The third-order valence-electron chi connectivity index (χ3n) is 6.33. The minimum atomic E-state index is -0.240. The fourth-order valence-corrected chi connectivity index (χ4v) is 4.92. The maximum absolute atomic E-state index is 13.4. The Morgan fingerprint density at radius 2 is 2.03 bits per heavy atom. The van der Waals surface area contributed by atoms with Crippen LogP contribution < -0.4 is 10.4 Å². The van der Waals surface area contributed by atoms with Gasteiger partial charge in [-0.1, -0.05) is 13.8 Å². The van der Waals surface area contributed by atoms with Crippen LogP contribution in [0.25, 0.3) is 0 Å². The molecule has 0 fully saturated rings. The highest BCUT2D eigenvalue weighted by Crippen LogP contribution is 2.48. The third kappa shape index (κ3) is 3.37. The van der Waals surface area contributed by atoms with E-state index < -0.39 is 0 Å². The summed E-state index contributed by atoms with van der Waals surface area (Å²) in [4.78, 5) is 15.4. The van der Waals surface area contributed by atoms with Gasteiger partial charge >= 0.3 is 0 Å². The summed E-state index contributed by atoms with van der Waals surface area (Å²) < 4.78 is 13.3. The van der Waals surface area contributed by atoms with Crippen LogP contribution in [-0.4, -0.2) is 23.4 Å². The van der Waals surface area contributed by atoms with Crippen molar-refractivity contribution in [2.75, 3.05) is 11.6 Å². The van der Waals surface area contributed by atoms with Gasteiger partial charge in [0.2, 0.25) is 5.91 Å². The SMILES string of the molecule is CCCN(C(=O)[C@H]1CCC2=C1[C@@H](C)C1=CNN(c3ccc(F)cc3)C1=C2)C(C)C. The Kier molecular flexibility index (Phi) is 5.24. The van der Waals surface area contributed by atoms with Crippen molar-refractivity contribution in [3.05, 3.63) is 64.8 Å². The van der Waals surface area contributed by atoms with Gasteiger partial charge in [-0.05, 0) is 74.6 Å². The van der Waals surface area contributed by atoms with Crippen molar-refractivity contribution in [2.45, 2.75) is 53.0 Å². The largest absolute Gasteiger partial charge is 0.340 e. The Labute approximate surface area is 172 Å². The Morgan fingerprint density at radius 1 is 1.31 bits per heavy atom. The zero-order valence-corrected chi connectivity index (χ0v) is 17.7. The normalized spacial score (nSPS) is 22.9. The number of hydrogen-bond acceptors (Lipinski definition) is 3. The highest BCUT2D eigenvalue weighted by atomic mass is 19.1. The molecular formula is C24H30FN3O. The minimum Gasteiger partial charge on any atom is -0.340 e. The smallest absolute Gasteiger partial charge is 0.230 e. The molecule has 0 unspecified atom stereocenters. The van der Waals surface area contributed by atoms with Crippen LogP contribution in [0.5, 0.6) is 0 Å². The van der Waals surface area contributed by atoms with E-state index in [1.165, 1.54) is 28.9 Å². The maximum Gasteiger partial charge on any atom is 0.230 e. The molecule has 1 aromatic carbocycles. The lowest BCUT2D eigenvalue weighted by Gasteiger charge is -2.33. The number of carbonyl (C=O) groups is 1. The molecular weight excluding hydrogens is 365 g/mol. The number of nitrogens with one attached hydrogen (secondary N) is 1. The van der Waals surface area contributed by atoms with Gasteiger partial charge in [0.05, 0.1) is 17.3 Å². The van der Waals surface area contributed by atoms with E-state index in [0.29, 0.717) is 0 Å². The number of carbonyl (C=O) groups excluding carboxylic acids is 1. The molecule has 0 saturated carbocycles. The number of amides is 1. The molecule has 1 N–H and O–H groups in total. The minimum absolute atomic E-state index is 0.0208. The molecule has 2 aliphatic carbocycles. The second-order valence-electron chi connectivity index (χ2n) is 8.49. The van der Waals surface area contributed by atoms with Gasteiger partial charge < -0.3 is 10.3 Å². The van der Waals surface area contributed by atoms with Gasteiger partial charge in [0.15, 0.2) is 0 Å². The monoisotopic (exact) mass is 395 g/mol. The Morgan fingerprint density at radius 3 is 2.69 bits per heavy atom. The van der Waals surface area contributed by atoms with Crippen molar-refractivity contribution >= 4 is 11.6 Å². The molecule has 0 spiro atoms. The number of rotatable bonds is 5. The first-order valence-electron chi connectivity index (χ1n) is 10.7. The van der Waals surface area contributed by atoms with E-state index in [-0.39, 0.29) is 29.6 Å². The molecule has 3 aliphatic rings. The van der Waals surface area contributed by atoms with Crippen molar-refractivity contribution in [3.8, 4) is 0 Å². The number of fused-ring (bicyclic) bond motifs is 1. The van der Waals surface area contributed by atoms with Crippen molar-refractivity contribution in [1.29, 1.82) is 0 Å². The molecule has 4 nitrogen and oxygen atoms in total. The number of nitrogens with zero attached hydrogens (tertiary/aromatic N) is 2. The Bertz CT molecular complexity index is 897. The summed E-state index contributed by atoms with van der Waals surface area (Å²) in [6, 6.07) is 6.73. The van der Waals surface area contributed by atoms with Gasteiger partial charge in [-0.2, -0.15) is 0 Å². The van der Waals surface area contributed by atoms with Crippen LogP contribution in [-0.2, 0) is 4.79 Å². The molecule has 4 rings (SSSR count). The van der Waals surface area contributed by atoms with Crippen molar-refractivity contribution in [2.24, 2.45) is 11.8 Å². The van der Waals surface area contributed by atoms with Crippen LogP contribution in [0.3, 0.4) is 0 Å². The summed E-state index contributed by atoms with van der Waals surface area (Å²) in [5.41, 5.74) is 9.09. The molecule has 0 radical (unpaired) electrons. The number of hydrogen-bond donors (Lipinski definition) is 1. The summed E-state index contributed by atoms with van der Waals surface area (Å²) in [5.74, 6) is 0.205. The number of benzene rings is 1. The number of anilines is 1. The fourth-order valence-electron chi connectivity index (χ4n) is 4.92. The molecule has 154 valence electrons. The zero-order valence-electron chi connectivity index (χ0n) is 17.7. The second kappa shape index (κ2) is 7.69. The molecule has 1 aromatic rings. The standard InChI is InChI=1S/C24H30FN3O/c1-5-12-27(15(2)3)24(29)20-11-6-17-13-22-21(16(4)23(17)20)14-26-28(22)19-9-7-18(25)8-10-19/h7-10,13-16,20,26H,5-6,11-12H2,1-4H3/t16-,20-/m0/s1. The summed E-state index contributed by atoms with van der Waals surface area (Å²) >= 11 is 0. The van der Waals surface area contributed by atoms with E-state index in [9.17, 15) is 9.18 Å². The summed E-state index contributed by atoms with van der Waals surface area (Å²) in [5, 5.41) is 2.00. The van der Waals surface area contributed by atoms with Crippen LogP contribution in [0.2, 0.25) is 0 Å². The number of allylic oxidation sites excluding steroid dienone is 3. The quantitative estimate of drug-likeness (QED) is 0.769. The summed E-state index contributed by atoms with van der Waals surface area (Å²) in [6.45, 7) is 9.34. The van der Waals surface area contributed by atoms with Gasteiger partial charge in [0.25, 0.3) is 0 Å². The molecule has 1 heterocycles. The summed E-state index contributed by atoms with van der Waals surface area (Å²) in [6.07, 6.45) is 7.04. The average molecular weight is 396 g/mol. The lowest BCUT2D eigenvalue weighted by atomic mass is 9.80. The number of hydrazine groups is 1. The second-order valence-corrected chi connectivity index (χ2v) is 8.49.